The molecule has 2 atom stereocenters. The summed E-state index contributed by atoms with van der Waals surface area (Å²) in [7, 11) is 2.66. The molecule has 3 aromatic rings. The quantitative estimate of drug-likeness (QED) is 0.364. The van der Waals surface area contributed by atoms with Gasteiger partial charge >= 0.3 is 18.1 Å². The van der Waals surface area contributed by atoms with Gasteiger partial charge in [0.2, 0.25) is 0 Å². The van der Waals surface area contributed by atoms with E-state index in [2.05, 4.69) is 4.98 Å². The van der Waals surface area contributed by atoms with Gasteiger partial charge in [0.25, 0.3) is 0 Å². The molecule has 1 saturated carbocycles. The van der Waals surface area contributed by atoms with Crippen molar-refractivity contribution < 1.29 is 41.7 Å². The Balaban J connectivity index is 1.49. The smallest absolute Gasteiger partial charge is 0.433 e. The van der Waals surface area contributed by atoms with Gasteiger partial charge in [-0.05, 0) is 55.2 Å². The van der Waals surface area contributed by atoms with Crippen LogP contribution in [0.15, 0.2) is 48.5 Å². The number of halogens is 3. The molecular weight excluding hydrogens is 491 g/mol. The molecule has 0 bridgehead atoms. The summed E-state index contributed by atoms with van der Waals surface area (Å²) in [6.07, 6.45) is -3.88. The summed E-state index contributed by atoms with van der Waals surface area (Å²) in [6, 6.07) is 12.6. The van der Waals surface area contributed by atoms with Crippen LogP contribution in [-0.2, 0) is 38.3 Å². The molecule has 0 aliphatic heterocycles. The maximum absolute atomic E-state index is 13.1. The Morgan fingerprint density at radius 3 is 2.41 bits per heavy atom. The molecule has 1 aromatic heterocycles. The molecule has 4 rings (SSSR count). The van der Waals surface area contributed by atoms with Gasteiger partial charge in [-0.3, -0.25) is 9.59 Å². The highest BCUT2D eigenvalue weighted by atomic mass is 19.4. The molecule has 1 fully saturated rings. The van der Waals surface area contributed by atoms with Crippen molar-refractivity contribution in [2.24, 2.45) is 11.3 Å². The molecule has 2 aromatic carbocycles. The molecule has 37 heavy (non-hydrogen) atoms. The number of hydrogen-bond acceptors (Lipinski definition) is 7. The number of ether oxygens (including phenoxy) is 4. The molecule has 196 valence electrons. The molecule has 7 nitrogen and oxygen atoms in total. The largest absolute Gasteiger partial charge is 0.494 e. The lowest BCUT2D eigenvalue weighted by Gasteiger charge is -2.16. The number of esters is 2. The second kappa shape index (κ2) is 10.3. The first-order valence-electron chi connectivity index (χ1n) is 11.6. The summed E-state index contributed by atoms with van der Waals surface area (Å²) in [4.78, 5) is 28.4. The van der Waals surface area contributed by atoms with Crippen molar-refractivity contribution in [2.45, 2.75) is 32.5 Å². The van der Waals surface area contributed by atoms with Crippen molar-refractivity contribution in [1.29, 1.82) is 0 Å². The maximum atomic E-state index is 13.1. The number of methoxy groups -OCH3 is 2. The molecule has 1 heterocycles. The third-order valence-electron chi connectivity index (χ3n) is 6.50. The van der Waals surface area contributed by atoms with E-state index in [4.69, 9.17) is 18.9 Å². The number of carbonyl (C=O) groups excluding carboxylic acids is 2. The highest BCUT2D eigenvalue weighted by Crippen LogP contribution is 2.56. The highest BCUT2D eigenvalue weighted by molar-refractivity contribution is 5.91. The van der Waals surface area contributed by atoms with Gasteiger partial charge in [0.05, 0.1) is 32.2 Å². The zero-order valence-electron chi connectivity index (χ0n) is 20.6. The molecular formula is C27H26F3NO6. The number of aromatic nitrogens is 1. The van der Waals surface area contributed by atoms with Crippen LogP contribution in [0.25, 0.3) is 10.9 Å². The Bertz CT molecular complexity index is 1310. The van der Waals surface area contributed by atoms with Crippen molar-refractivity contribution in [2.75, 3.05) is 20.8 Å². The van der Waals surface area contributed by atoms with Crippen molar-refractivity contribution >= 4 is 22.8 Å². The molecule has 0 spiro atoms. The number of fused-ring (bicyclic) bond motifs is 1. The van der Waals surface area contributed by atoms with E-state index >= 15 is 0 Å². The minimum atomic E-state index is -4.57. The van der Waals surface area contributed by atoms with Crippen LogP contribution < -0.4 is 9.47 Å². The van der Waals surface area contributed by atoms with E-state index in [-0.39, 0.29) is 24.5 Å². The number of pyridine rings is 1. The summed E-state index contributed by atoms with van der Waals surface area (Å²) in [5.74, 6) is -0.633. The van der Waals surface area contributed by atoms with Crippen LogP contribution in [0.1, 0.15) is 30.2 Å². The molecule has 0 unspecified atom stereocenters. The molecule has 1 aliphatic rings. The van der Waals surface area contributed by atoms with Crippen LogP contribution in [0.2, 0.25) is 0 Å². The van der Waals surface area contributed by atoms with Gasteiger partial charge in [-0.2, -0.15) is 13.2 Å². The van der Waals surface area contributed by atoms with Crippen LogP contribution in [0.5, 0.6) is 11.5 Å². The monoisotopic (exact) mass is 517 g/mol. The normalized spacial score (nSPS) is 18.8. The summed E-state index contributed by atoms with van der Waals surface area (Å²) >= 11 is 0. The zero-order chi connectivity index (χ0) is 26.8. The molecule has 0 amide bonds. The summed E-state index contributed by atoms with van der Waals surface area (Å²) in [5.41, 5.74) is -0.373. The number of benzene rings is 2. The van der Waals surface area contributed by atoms with Crippen molar-refractivity contribution in [1.82, 2.24) is 4.98 Å². The van der Waals surface area contributed by atoms with E-state index in [1.165, 1.54) is 20.3 Å². The van der Waals surface area contributed by atoms with Gasteiger partial charge in [0.1, 0.15) is 29.3 Å². The van der Waals surface area contributed by atoms with Crippen LogP contribution in [0.3, 0.4) is 0 Å². The Morgan fingerprint density at radius 2 is 1.78 bits per heavy atom. The first kappa shape index (κ1) is 26.2. The van der Waals surface area contributed by atoms with Gasteiger partial charge in [0.15, 0.2) is 0 Å². The number of nitrogens with zero attached hydrogens (tertiary/aromatic N) is 1. The molecule has 0 saturated heterocycles. The first-order chi connectivity index (χ1) is 17.6. The summed E-state index contributed by atoms with van der Waals surface area (Å²) in [5, 5.41) is 0.489. The minimum Gasteiger partial charge on any atom is -0.494 e. The van der Waals surface area contributed by atoms with Crippen molar-refractivity contribution in [3.8, 4) is 11.5 Å². The Kier molecular flexibility index (Phi) is 7.29. The standard InChI is InChI=1S/C27H26F3NO6/c1-4-36-25(33)26(14-20(26)24(32)35-3)13-16-5-8-18(9-6-16)37-15-17-7-11-21(34-2)23-19(17)10-12-22(31-23)27(28,29)30/h5-12,20H,4,13-15H2,1-3H3/t20-,26+/m1/s1. The average molecular weight is 518 g/mol. The fourth-order valence-electron chi connectivity index (χ4n) is 4.45. The SMILES string of the molecule is CCOC(=O)[C@@]1(Cc2ccc(OCc3ccc(OC)c4nc(C(F)(F)F)ccc34)cc2)C[C@@H]1C(=O)OC. The predicted molar refractivity (Wildman–Crippen MR) is 127 cm³/mol. The van der Waals surface area contributed by atoms with E-state index < -0.39 is 35.1 Å². The second-order valence-corrected chi connectivity index (χ2v) is 8.78. The van der Waals surface area contributed by atoms with Crippen molar-refractivity contribution in [3.63, 3.8) is 0 Å². The van der Waals surface area contributed by atoms with Gasteiger partial charge in [-0.1, -0.05) is 24.3 Å². The fourth-order valence-corrected chi connectivity index (χ4v) is 4.45. The van der Waals surface area contributed by atoms with E-state index in [1.807, 2.05) is 0 Å². The number of hydrogen-bond donors (Lipinski definition) is 0. The van der Waals surface area contributed by atoms with Gasteiger partial charge in [0, 0.05) is 5.39 Å². The Morgan fingerprint density at radius 1 is 1.05 bits per heavy atom. The second-order valence-electron chi connectivity index (χ2n) is 8.78. The summed E-state index contributed by atoms with van der Waals surface area (Å²) in [6.45, 7) is 2.02. The molecule has 10 heteroatoms. The lowest BCUT2D eigenvalue weighted by Crippen LogP contribution is -2.26. The third-order valence-corrected chi connectivity index (χ3v) is 6.50. The number of rotatable bonds is 9. The number of alkyl halides is 3. The van der Waals surface area contributed by atoms with E-state index in [1.54, 1.807) is 43.3 Å². The van der Waals surface area contributed by atoms with Crippen LogP contribution in [0.4, 0.5) is 13.2 Å². The zero-order valence-corrected chi connectivity index (χ0v) is 20.6. The average Bonchev–Trinajstić information content (AvgIpc) is 3.62. The molecule has 0 N–H and O–H groups in total. The maximum Gasteiger partial charge on any atom is 0.433 e. The highest BCUT2D eigenvalue weighted by Gasteiger charge is 2.65. The van der Waals surface area contributed by atoms with E-state index in [0.717, 1.165) is 11.6 Å². The molecule has 0 radical (unpaired) electrons. The first-order valence-corrected chi connectivity index (χ1v) is 11.6. The van der Waals surface area contributed by atoms with E-state index in [9.17, 15) is 22.8 Å². The lowest BCUT2D eigenvalue weighted by atomic mass is 9.93. The molecule has 1 aliphatic carbocycles. The van der Waals surface area contributed by atoms with Gasteiger partial charge in [-0.25, -0.2) is 4.98 Å². The van der Waals surface area contributed by atoms with Gasteiger partial charge < -0.3 is 18.9 Å². The van der Waals surface area contributed by atoms with E-state index in [0.29, 0.717) is 29.5 Å². The number of carbonyl (C=O) groups is 2. The Labute approximate surface area is 211 Å². The van der Waals surface area contributed by atoms with Crippen LogP contribution in [-0.4, -0.2) is 37.7 Å². The predicted octanol–water partition coefficient (Wildman–Crippen LogP) is 5.13. The van der Waals surface area contributed by atoms with Crippen molar-refractivity contribution in [3.05, 3.63) is 65.4 Å². The third kappa shape index (κ3) is 5.33. The van der Waals surface area contributed by atoms with Crippen LogP contribution >= 0.6 is 0 Å². The summed E-state index contributed by atoms with van der Waals surface area (Å²) < 4.78 is 60.5. The topological polar surface area (TPSA) is 84.0 Å². The van der Waals surface area contributed by atoms with Crippen LogP contribution in [0, 0.1) is 11.3 Å². The Hall–Kier alpha value is -3.82. The van der Waals surface area contributed by atoms with Gasteiger partial charge in [-0.15, -0.1) is 0 Å². The lowest BCUT2D eigenvalue weighted by molar-refractivity contribution is -0.154. The fraction of sp³-hybridized carbons (Fsp3) is 0.370. The minimum absolute atomic E-state index is 0.0874.